The summed E-state index contributed by atoms with van der Waals surface area (Å²) in [6.45, 7) is 0.365. The molecule has 1 aromatic rings. The third kappa shape index (κ3) is 5.26. The summed E-state index contributed by atoms with van der Waals surface area (Å²) in [5, 5.41) is 10.3. The molecule has 0 radical (unpaired) electrons. The van der Waals surface area contributed by atoms with Crippen molar-refractivity contribution in [3.05, 3.63) is 17.8 Å². The normalized spacial score (nSPS) is 11.3. The van der Waals surface area contributed by atoms with Crippen LogP contribution in [0.5, 0.6) is 0 Å². The average Bonchev–Trinajstić information content (AvgIpc) is 2.27. The molecular formula is C10H13F3N4S. The Hall–Kier alpha value is -1.44. The zero-order valence-corrected chi connectivity index (χ0v) is 10.3. The maximum Gasteiger partial charge on any atom is 0.389 e. The van der Waals surface area contributed by atoms with Crippen LogP contribution in [0.2, 0.25) is 0 Å². The van der Waals surface area contributed by atoms with Crippen LogP contribution in [0.15, 0.2) is 12.3 Å². The lowest BCUT2D eigenvalue weighted by atomic mass is 10.2. The number of halogens is 3. The van der Waals surface area contributed by atoms with Gasteiger partial charge in [0.25, 0.3) is 0 Å². The van der Waals surface area contributed by atoms with E-state index in [1.165, 1.54) is 6.20 Å². The highest BCUT2D eigenvalue weighted by atomic mass is 32.1. The number of hydrogen-bond acceptors (Lipinski definition) is 4. The molecule has 0 amide bonds. The number of aromatic nitrogens is 2. The van der Waals surface area contributed by atoms with Gasteiger partial charge in [-0.15, -0.1) is 5.10 Å². The van der Waals surface area contributed by atoms with E-state index in [0.29, 0.717) is 24.3 Å². The zero-order chi connectivity index (χ0) is 13.6. The van der Waals surface area contributed by atoms with Crippen LogP contribution in [0.1, 0.15) is 24.8 Å². The first-order valence-electron chi connectivity index (χ1n) is 5.32. The van der Waals surface area contributed by atoms with Gasteiger partial charge in [-0.25, -0.2) is 0 Å². The van der Waals surface area contributed by atoms with Gasteiger partial charge in [0.05, 0.1) is 11.8 Å². The van der Waals surface area contributed by atoms with Gasteiger partial charge in [-0.1, -0.05) is 12.2 Å². The molecule has 1 heterocycles. The number of unbranched alkanes of at least 4 members (excludes halogenated alkanes) is 1. The van der Waals surface area contributed by atoms with Gasteiger partial charge in [-0.3, -0.25) is 0 Å². The summed E-state index contributed by atoms with van der Waals surface area (Å²) in [6, 6.07) is 1.60. The first-order valence-corrected chi connectivity index (χ1v) is 5.73. The van der Waals surface area contributed by atoms with E-state index in [1.54, 1.807) is 6.07 Å². The Balaban J connectivity index is 2.38. The van der Waals surface area contributed by atoms with Crippen molar-refractivity contribution in [2.24, 2.45) is 5.73 Å². The lowest BCUT2D eigenvalue weighted by Gasteiger charge is -2.09. The highest BCUT2D eigenvalue weighted by molar-refractivity contribution is 7.80. The Morgan fingerprint density at radius 2 is 2.11 bits per heavy atom. The molecule has 4 nitrogen and oxygen atoms in total. The van der Waals surface area contributed by atoms with Crippen LogP contribution in [0.3, 0.4) is 0 Å². The first kappa shape index (κ1) is 14.6. The van der Waals surface area contributed by atoms with Crippen molar-refractivity contribution in [1.29, 1.82) is 0 Å². The largest absolute Gasteiger partial charge is 0.389 e. The predicted molar refractivity (Wildman–Crippen MR) is 66.3 cm³/mol. The van der Waals surface area contributed by atoms with Crippen LogP contribution in [0.4, 0.5) is 19.0 Å². The molecule has 0 aliphatic heterocycles. The van der Waals surface area contributed by atoms with Crippen molar-refractivity contribution < 1.29 is 13.2 Å². The summed E-state index contributed by atoms with van der Waals surface area (Å²) in [7, 11) is 0. The van der Waals surface area contributed by atoms with Crippen molar-refractivity contribution >= 4 is 23.0 Å². The molecule has 100 valence electrons. The number of alkyl halides is 3. The molecule has 0 atom stereocenters. The third-order valence-electron chi connectivity index (χ3n) is 2.17. The number of nitrogens with zero attached hydrogens (tertiary/aromatic N) is 2. The topological polar surface area (TPSA) is 63.8 Å². The van der Waals surface area contributed by atoms with E-state index in [-0.39, 0.29) is 11.4 Å². The summed E-state index contributed by atoms with van der Waals surface area (Å²) < 4.78 is 35.7. The van der Waals surface area contributed by atoms with Crippen LogP contribution in [-0.4, -0.2) is 27.9 Å². The fraction of sp³-hybridized carbons (Fsp3) is 0.500. The predicted octanol–water partition coefficient (Wildman–Crippen LogP) is 2.26. The summed E-state index contributed by atoms with van der Waals surface area (Å²) in [4.78, 5) is 0.169. The maximum absolute atomic E-state index is 11.9. The molecule has 0 unspecified atom stereocenters. The molecule has 0 saturated heterocycles. The van der Waals surface area contributed by atoms with Gasteiger partial charge in [0.15, 0.2) is 5.82 Å². The SMILES string of the molecule is NC(=S)c1ccnnc1NCCCCC(F)(F)F. The Labute approximate surface area is 108 Å². The summed E-state index contributed by atoms with van der Waals surface area (Å²) >= 11 is 4.82. The second kappa shape index (κ2) is 6.48. The summed E-state index contributed by atoms with van der Waals surface area (Å²) in [6.07, 6.45) is -2.98. The maximum atomic E-state index is 11.9. The summed E-state index contributed by atoms with van der Waals surface area (Å²) in [5.41, 5.74) is 6.01. The average molecular weight is 278 g/mol. The van der Waals surface area contributed by atoms with Gasteiger partial charge in [0.2, 0.25) is 0 Å². The van der Waals surface area contributed by atoms with Crippen molar-refractivity contribution in [2.75, 3.05) is 11.9 Å². The number of thiocarbonyl (C=S) groups is 1. The Morgan fingerprint density at radius 3 is 2.72 bits per heavy atom. The van der Waals surface area contributed by atoms with Crippen molar-refractivity contribution in [2.45, 2.75) is 25.4 Å². The molecule has 0 spiro atoms. The summed E-state index contributed by atoms with van der Waals surface area (Å²) in [5.74, 6) is 0.400. The quantitative estimate of drug-likeness (QED) is 0.617. The standard InChI is InChI=1S/C10H13F3N4S/c11-10(12,13)4-1-2-5-15-9-7(8(14)18)3-6-16-17-9/h3,6H,1-2,4-5H2,(H2,14,18)(H,15,17). The molecule has 0 aliphatic carbocycles. The minimum Gasteiger partial charge on any atom is -0.389 e. The fourth-order valence-electron chi connectivity index (χ4n) is 1.32. The Morgan fingerprint density at radius 1 is 1.39 bits per heavy atom. The van der Waals surface area contributed by atoms with E-state index in [0.717, 1.165) is 0 Å². The first-order chi connectivity index (χ1) is 8.40. The second-order valence-electron chi connectivity index (χ2n) is 3.66. The van der Waals surface area contributed by atoms with E-state index < -0.39 is 12.6 Å². The van der Waals surface area contributed by atoms with E-state index in [1.807, 2.05) is 0 Å². The number of hydrogen-bond donors (Lipinski definition) is 2. The monoisotopic (exact) mass is 278 g/mol. The highest BCUT2D eigenvalue weighted by Crippen LogP contribution is 2.22. The molecule has 0 aromatic carbocycles. The zero-order valence-electron chi connectivity index (χ0n) is 9.50. The van der Waals surface area contributed by atoms with Crippen LogP contribution in [0, 0.1) is 0 Å². The third-order valence-corrected chi connectivity index (χ3v) is 2.39. The fourth-order valence-corrected chi connectivity index (χ4v) is 1.48. The molecule has 0 bridgehead atoms. The highest BCUT2D eigenvalue weighted by Gasteiger charge is 2.25. The van der Waals surface area contributed by atoms with Gasteiger partial charge < -0.3 is 11.1 Å². The van der Waals surface area contributed by atoms with E-state index in [9.17, 15) is 13.2 Å². The Kier molecular flexibility index (Phi) is 5.26. The van der Waals surface area contributed by atoms with Gasteiger partial charge in [-0.05, 0) is 18.9 Å². The number of rotatable bonds is 6. The van der Waals surface area contributed by atoms with Gasteiger partial charge in [0, 0.05) is 13.0 Å². The molecule has 1 rings (SSSR count). The minimum atomic E-state index is -4.10. The number of nitrogens with two attached hydrogens (primary N) is 1. The second-order valence-corrected chi connectivity index (χ2v) is 4.10. The molecule has 1 aromatic heterocycles. The van der Waals surface area contributed by atoms with Gasteiger partial charge in [-0.2, -0.15) is 18.3 Å². The van der Waals surface area contributed by atoms with Crippen molar-refractivity contribution in [1.82, 2.24) is 10.2 Å². The van der Waals surface area contributed by atoms with Crippen molar-refractivity contribution in [3.63, 3.8) is 0 Å². The molecule has 18 heavy (non-hydrogen) atoms. The minimum absolute atomic E-state index is 0.0686. The molecule has 8 heteroatoms. The molecular weight excluding hydrogens is 265 g/mol. The molecule has 0 saturated carbocycles. The number of nitrogens with one attached hydrogen (secondary N) is 1. The van der Waals surface area contributed by atoms with E-state index in [4.69, 9.17) is 18.0 Å². The molecule has 3 N–H and O–H groups in total. The Bertz CT molecular complexity index is 408. The van der Waals surface area contributed by atoms with Crippen LogP contribution < -0.4 is 11.1 Å². The molecule has 0 aliphatic rings. The van der Waals surface area contributed by atoms with Crippen LogP contribution in [0.25, 0.3) is 0 Å². The van der Waals surface area contributed by atoms with E-state index >= 15 is 0 Å². The van der Waals surface area contributed by atoms with Crippen LogP contribution >= 0.6 is 12.2 Å². The van der Waals surface area contributed by atoms with Gasteiger partial charge in [0.1, 0.15) is 4.99 Å². The lowest BCUT2D eigenvalue weighted by molar-refractivity contribution is -0.135. The number of anilines is 1. The van der Waals surface area contributed by atoms with Gasteiger partial charge >= 0.3 is 6.18 Å². The molecule has 0 fully saturated rings. The van der Waals surface area contributed by atoms with Crippen LogP contribution in [-0.2, 0) is 0 Å². The van der Waals surface area contributed by atoms with Crippen molar-refractivity contribution in [3.8, 4) is 0 Å². The van der Waals surface area contributed by atoms with E-state index in [2.05, 4.69) is 15.5 Å². The smallest absolute Gasteiger partial charge is 0.389 e. The lowest BCUT2D eigenvalue weighted by Crippen LogP contribution is -2.16.